The quantitative estimate of drug-likeness (QED) is 0.300. The summed E-state index contributed by atoms with van der Waals surface area (Å²) in [7, 11) is 5.25. The maximum Gasteiger partial charge on any atom is 0.322 e. The minimum atomic E-state index is -1.28. The van der Waals surface area contributed by atoms with E-state index < -0.39 is 23.6 Å². The van der Waals surface area contributed by atoms with Gasteiger partial charge in [-0.1, -0.05) is 6.32 Å². The van der Waals surface area contributed by atoms with Gasteiger partial charge in [-0.3, -0.25) is 14.4 Å². The fraction of sp³-hybridized carbons (Fsp3) is 0.727. The van der Waals surface area contributed by atoms with Gasteiger partial charge in [0.1, 0.15) is 11.2 Å². The van der Waals surface area contributed by atoms with Crippen molar-refractivity contribution in [2.45, 2.75) is 46.7 Å². The number of ether oxygens (including phenoxy) is 2. The smallest absolute Gasteiger partial charge is 0.322 e. The highest BCUT2D eigenvalue weighted by Gasteiger charge is 2.37. The normalized spacial score (nSPS) is 12.7. The van der Waals surface area contributed by atoms with Gasteiger partial charge in [0, 0.05) is 13.8 Å². The molecule has 0 saturated heterocycles. The van der Waals surface area contributed by atoms with E-state index in [1.54, 1.807) is 0 Å². The number of Topliss-reactive ketones (excluding diaryl/α,β-unsaturated/α-hetero) is 1. The van der Waals surface area contributed by atoms with E-state index in [1.165, 1.54) is 27.7 Å². The predicted molar refractivity (Wildman–Crippen MR) is 61.3 cm³/mol. The molecule has 0 aliphatic rings. The van der Waals surface area contributed by atoms with Crippen molar-refractivity contribution >= 4 is 25.6 Å². The minimum Gasteiger partial charge on any atom is -0.426 e. The van der Waals surface area contributed by atoms with Gasteiger partial charge in [-0.25, -0.2) is 0 Å². The number of ketones is 1. The topological polar surface area (TPSA) is 69.7 Å². The van der Waals surface area contributed by atoms with Crippen LogP contribution in [0.15, 0.2) is 0 Å². The Morgan fingerprint density at radius 1 is 1.24 bits per heavy atom. The number of rotatable bonds is 6. The molecular weight excluding hydrogens is 223 g/mol. The Bertz CT molecular complexity index is 311. The number of esters is 2. The third-order valence-electron chi connectivity index (χ3n) is 2.18. The lowest BCUT2D eigenvalue weighted by Crippen LogP contribution is -2.37. The second-order valence-corrected chi connectivity index (χ2v) is 4.17. The van der Waals surface area contributed by atoms with Crippen molar-refractivity contribution in [2.75, 3.05) is 0 Å². The first kappa shape index (κ1) is 15.7. The first-order chi connectivity index (χ1) is 7.71. The van der Waals surface area contributed by atoms with Gasteiger partial charge < -0.3 is 9.47 Å². The highest BCUT2D eigenvalue weighted by molar-refractivity contribution is 6.12. The maximum absolute atomic E-state index is 11.7. The highest BCUT2D eigenvalue weighted by atomic mass is 16.7. The summed E-state index contributed by atoms with van der Waals surface area (Å²) in [5.41, 5.74) is -1.28. The summed E-state index contributed by atoms with van der Waals surface area (Å²) in [6, 6.07) is 0. The molecular formula is C11H17BO5. The SMILES string of the molecule is [B]CCC(=O)C(C)(C)C(=O)OC(C)OC(C)=O. The lowest BCUT2D eigenvalue weighted by molar-refractivity contribution is -0.189. The molecule has 2 radical (unpaired) electrons. The Labute approximate surface area is 102 Å². The number of hydrogen-bond acceptors (Lipinski definition) is 5. The number of carbonyl (C=O) groups excluding carboxylic acids is 3. The van der Waals surface area contributed by atoms with Crippen molar-refractivity contribution < 1.29 is 23.9 Å². The van der Waals surface area contributed by atoms with Gasteiger partial charge in [-0.2, -0.15) is 0 Å². The monoisotopic (exact) mass is 240 g/mol. The van der Waals surface area contributed by atoms with Gasteiger partial charge >= 0.3 is 11.9 Å². The zero-order chi connectivity index (χ0) is 13.6. The second-order valence-electron chi connectivity index (χ2n) is 4.17. The molecule has 1 atom stereocenters. The van der Waals surface area contributed by atoms with Crippen LogP contribution in [0.25, 0.3) is 0 Å². The van der Waals surface area contributed by atoms with Crippen molar-refractivity contribution in [2.24, 2.45) is 5.41 Å². The molecule has 0 aromatic heterocycles. The van der Waals surface area contributed by atoms with Crippen LogP contribution in [0.1, 0.15) is 34.1 Å². The summed E-state index contributed by atoms with van der Waals surface area (Å²) in [6.45, 7) is 5.51. The molecule has 17 heavy (non-hydrogen) atoms. The molecule has 0 heterocycles. The van der Waals surface area contributed by atoms with E-state index in [9.17, 15) is 14.4 Å². The predicted octanol–water partition coefficient (Wildman–Crippen LogP) is 1.01. The van der Waals surface area contributed by atoms with Gasteiger partial charge in [-0.05, 0) is 20.3 Å². The molecule has 94 valence electrons. The van der Waals surface area contributed by atoms with E-state index >= 15 is 0 Å². The van der Waals surface area contributed by atoms with Crippen LogP contribution in [-0.2, 0) is 23.9 Å². The lowest BCUT2D eigenvalue weighted by atomic mass is 9.83. The van der Waals surface area contributed by atoms with E-state index in [4.69, 9.17) is 12.6 Å². The molecule has 0 rings (SSSR count). The lowest BCUT2D eigenvalue weighted by Gasteiger charge is -2.23. The molecule has 5 nitrogen and oxygen atoms in total. The van der Waals surface area contributed by atoms with E-state index in [2.05, 4.69) is 4.74 Å². The van der Waals surface area contributed by atoms with Crippen LogP contribution in [0.2, 0.25) is 6.32 Å². The van der Waals surface area contributed by atoms with Gasteiger partial charge in [-0.15, -0.1) is 0 Å². The van der Waals surface area contributed by atoms with Gasteiger partial charge in [0.2, 0.25) is 6.29 Å². The average molecular weight is 240 g/mol. The summed E-state index contributed by atoms with van der Waals surface area (Å²) in [5.74, 6) is -1.60. The van der Waals surface area contributed by atoms with Crippen LogP contribution in [0, 0.1) is 5.41 Å². The van der Waals surface area contributed by atoms with E-state index in [1.807, 2.05) is 0 Å². The summed E-state index contributed by atoms with van der Waals surface area (Å²) in [6.07, 6.45) is -0.732. The molecule has 0 bridgehead atoms. The first-order valence-corrected chi connectivity index (χ1v) is 5.33. The van der Waals surface area contributed by atoms with Crippen LogP contribution in [0.3, 0.4) is 0 Å². The maximum atomic E-state index is 11.7. The molecule has 0 aliphatic carbocycles. The van der Waals surface area contributed by atoms with Crippen molar-refractivity contribution in [3.63, 3.8) is 0 Å². The largest absolute Gasteiger partial charge is 0.426 e. The zero-order valence-electron chi connectivity index (χ0n) is 10.6. The molecule has 6 heteroatoms. The Kier molecular flexibility index (Phi) is 5.92. The molecule has 0 saturated carbocycles. The Balaban J connectivity index is 4.48. The molecule has 0 aliphatic heterocycles. The summed E-state index contributed by atoms with van der Waals surface area (Å²) in [5, 5.41) is 0. The minimum absolute atomic E-state index is 0.101. The molecule has 0 fully saturated rings. The average Bonchev–Trinajstić information content (AvgIpc) is 2.16. The van der Waals surface area contributed by atoms with Crippen molar-refractivity contribution in [3.05, 3.63) is 0 Å². The molecule has 1 unspecified atom stereocenters. The summed E-state index contributed by atoms with van der Waals surface area (Å²) in [4.78, 5) is 33.9. The van der Waals surface area contributed by atoms with Crippen LogP contribution in [-0.4, -0.2) is 31.9 Å². The second kappa shape index (κ2) is 6.42. The molecule has 0 aromatic carbocycles. The fourth-order valence-corrected chi connectivity index (χ4v) is 1.11. The first-order valence-electron chi connectivity index (χ1n) is 5.33. The molecule has 0 spiro atoms. The summed E-state index contributed by atoms with van der Waals surface area (Å²) < 4.78 is 9.49. The molecule has 0 N–H and O–H groups in total. The van der Waals surface area contributed by atoms with Crippen LogP contribution in [0.4, 0.5) is 0 Å². The van der Waals surface area contributed by atoms with Gasteiger partial charge in [0.25, 0.3) is 0 Å². The van der Waals surface area contributed by atoms with Gasteiger partial charge in [0.05, 0.1) is 7.85 Å². The highest BCUT2D eigenvalue weighted by Crippen LogP contribution is 2.22. The van der Waals surface area contributed by atoms with E-state index in [0.717, 1.165) is 0 Å². The van der Waals surface area contributed by atoms with Crippen molar-refractivity contribution in [1.82, 2.24) is 0 Å². The summed E-state index contributed by atoms with van der Waals surface area (Å²) >= 11 is 0. The molecule has 0 aromatic rings. The Hall–Kier alpha value is -1.33. The van der Waals surface area contributed by atoms with Crippen LogP contribution >= 0.6 is 0 Å². The van der Waals surface area contributed by atoms with E-state index in [0.29, 0.717) is 0 Å². The number of carbonyl (C=O) groups is 3. The third kappa shape index (κ3) is 5.02. The number of hydrogen-bond donors (Lipinski definition) is 0. The van der Waals surface area contributed by atoms with Crippen LogP contribution < -0.4 is 0 Å². The van der Waals surface area contributed by atoms with Crippen molar-refractivity contribution in [1.29, 1.82) is 0 Å². The van der Waals surface area contributed by atoms with Crippen LogP contribution in [0.5, 0.6) is 0 Å². The Morgan fingerprint density at radius 3 is 2.18 bits per heavy atom. The third-order valence-corrected chi connectivity index (χ3v) is 2.18. The van der Waals surface area contributed by atoms with Crippen molar-refractivity contribution in [3.8, 4) is 0 Å². The standard InChI is InChI=1S/C11H17BO5/c1-7(13)16-8(2)17-10(15)11(3,4)9(14)5-6-12/h8H,5-6H2,1-4H3. The molecule has 0 amide bonds. The van der Waals surface area contributed by atoms with E-state index in [-0.39, 0.29) is 18.5 Å². The fourth-order valence-electron chi connectivity index (χ4n) is 1.11. The Morgan fingerprint density at radius 2 is 1.76 bits per heavy atom. The zero-order valence-corrected chi connectivity index (χ0v) is 10.6. The van der Waals surface area contributed by atoms with Gasteiger partial charge in [0.15, 0.2) is 0 Å².